The number of alkyl halides is 1. The Hall–Kier alpha value is -0.700. The zero-order valence-corrected chi connectivity index (χ0v) is 13.8. The van der Waals surface area contributed by atoms with Gasteiger partial charge in [-0.15, -0.1) is 11.6 Å². The molecule has 2 aromatic rings. The van der Waals surface area contributed by atoms with Crippen molar-refractivity contribution in [3.8, 4) is 0 Å². The summed E-state index contributed by atoms with van der Waals surface area (Å²) in [4.78, 5) is 0. The molecule has 0 spiro atoms. The summed E-state index contributed by atoms with van der Waals surface area (Å²) in [7, 11) is 1.85. The van der Waals surface area contributed by atoms with Crippen LogP contribution in [0.3, 0.4) is 0 Å². The summed E-state index contributed by atoms with van der Waals surface area (Å²) in [6, 6.07) is 7.90. The maximum atomic E-state index is 6.28. The van der Waals surface area contributed by atoms with E-state index in [2.05, 4.69) is 11.2 Å². The molecule has 5 heteroatoms. The molecule has 0 aliphatic heterocycles. The van der Waals surface area contributed by atoms with Crippen molar-refractivity contribution in [1.29, 1.82) is 0 Å². The zero-order valence-electron chi connectivity index (χ0n) is 11.5. The summed E-state index contributed by atoms with van der Waals surface area (Å²) >= 11 is 18.4. The van der Waals surface area contributed by atoms with Crippen LogP contribution < -0.4 is 0 Å². The van der Waals surface area contributed by atoms with Gasteiger partial charge in [0, 0.05) is 23.5 Å². The van der Waals surface area contributed by atoms with Crippen molar-refractivity contribution < 1.29 is 0 Å². The fraction of sp³-hybridized carbons (Fsp3) is 0.400. The lowest BCUT2D eigenvalue weighted by atomic mass is 9.94. The van der Waals surface area contributed by atoms with Crippen LogP contribution in [0.4, 0.5) is 0 Å². The first-order valence-electron chi connectivity index (χ1n) is 6.49. The van der Waals surface area contributed by atoms with E-state index in [-0.39, 0.29) is 0 Å². The third-order valence-electron chi connectivity index (χ3n) is 3.39. The maximum Gasteiger partial charge on any atom is 0.130 e. The molecule has 1 aromatic carbocycles. The highest BCUT2D eigenvalue weighted by Crippen LogP contribution is 2.25. The number of rotatable bonds is 5. The van der Waals surface area contributed by atoms with Gasteiger partial charge >= 0.3 is 0 Å². The van der Waals surface area contributed by atoms with E-state index in [0.29, 0.717) is 17.0 Å². The Morgan fingerprint density at radius 1 is 1.25 bits per heavy atom. The van der Waals surface area contributed by atoms with Gasteiger partial charge in [0.05, 0.1) is 5.69 Å². The third-order valence-corrected chi connectivity index (χ3v) is 4.54. The molecule has 1 heterocycles. The lowest BCUT2D eigenvalue weighted by Gasteiger charge is -2.14. The molecule has 108 valence electrons. The van der Waals surface area contributed by atoms with Crippen LogP contribution in [0.5, 0.6) is 0 Å². The Kier molecular flexibility index (Phi) is 5.36. The molecule has 2 nitrogen and oxygen atoms in total. The van der Waals surface area contributed by atoms with Gasteiger partial charge in [-0.1, -0.05) is 35.3 Å². The maximum absolute atomic E-state index is 6.28. The Morgan fingerprint density at radius 3 is 2.55 bits per heavy atom. The van der Waals surface area contributed by atoms with Crippen LogP contribution in [0.25, 0.3) is 0 Å². The summed E-state index contributed by atoms with van der Waals surface area (Å²) in [5.41, 5.74) is 3.25. The molecule has 1 aromatic heterocycles. The summed E-state index contributed by atoms with van der Waals surface area (Å²) in [6.45, 7) is 1.98. The summed E-state index contributed by atoms with van der Waals surface area (Å²) in [6.07, 6.45) is 1.71. The quantitative estimate of drug-likeness (QED) is 0.728. The van der Waals surface area contributed by atoms with Crippen LogP contribution >= 0.6 is 34.8 Å². The van der Waals surface area contributed by atoms with Crippen molar-refractivity contribution >= 4 is 34.8 Å². The van der Waals surface area contributed by atoms with Gasteiger partial charge < -0.3 is 0 Å². The highest BCUT2D eigenvalue weighted by atomic mass is 35.5. The highest BCUT2D eigenvalue weighted by Gasteiger charge is 2.17. The van der Waals surface area contributed by atoms with E-state index in [4.69, 9.17) is 34.8 Å². The van der Waals surface area contributed by atoms with Gasteiger partial charge in [0.15, 0.2) is 0 Å². The summed E-state index contributed by atoms with van der Waals surface area (Å²) in [5.74, 6) is 0.896. The first-order valence-corrected chi connectivity index (χ1v) is 7.78. The van der Waals surface area contributed by atoms with Crippen molar-refractivity contribution in [2.45, 2.75) is 19.8 Å². The molecule has 0 fully saturated rings. The van der Waals surface area contributed by atoms with Crippen LogP contribution in [-0.2, 0) is 19.9 Å². The molecule has 2 rings (SSSR count). The number of hydrogen-bond acceptors (Lipinski definition) is 1. The monoisotopic (exact) mass is 330 g/mol. The molecule has 20 heavy (non-hydrogen) atoms. The molecule has 0 aliphatic carbocycles. The van der Waals surface area contributed by atoms with Crippen molar-refractivity contribution in [3.05, 3.63) is 51.3 Å². The predicted molar refractivity (Wildman–Crippen MR) is 86.0 cm³/mol. The Bertz CT molecular complexity index is 593. The van der Waals surface area contributed by atoms with Crippen LogP contribution in [0, 0.1) is 12.8 Å². The minimum Gasteiger partial charge on any atom is -0.257 e. The van der Waals surface area contributed by atoms with Gasteiger partial charge in [-0.05, 0) is 43.4 Å². The van der Waals surface area contributed by atoms with E-state index < -0.39 is 0 Å². The number of aromatic nitrogens is 2. The number of hydrogen-bond donors (Lipinski definition) is 0. The van der Waals surface area contributed by atoms with Gasteiger partial charge in [0.1, 0.15) is 5.15 Å². The smallest absolute Gasteiger partial charge is 0.130 e. The summed E-state index contributed by atoms with van der Waals surface area (Å²) < 4.78 is 1.71. The Balaban J connectivity index is 2.13. The normalized spacial score (nSPS) is 12.7. The van der Waals surface area contributed by atoms with E-state index in [1.807, 2.05) is 32.2 Å². The molecule has 0 amide bonds. The number of nitrogens with zero attached hydrogens (tertiary/aromatic N) is 2. The fourth-order valence-corrected chi connectivity index (χ4v) is 3.06. The summed E-state index contributed by atoms with van der Waals surface area (Å²) in [5, 5.41) is 5.79. The van der Waals surface area contributed by atoms with Crippen LogP contribution in [0.1, 0.15) is 16.8 Å². The molecule has 0 aliphatic rings. The van der Waals surface area contributed by atoms with E-state index >= 15 is 0 Å². The van der Waals surface area contributed by atoms with Gasteiger partial charge in [-0.25, -0.2) is 0 Å². The molecule has 1 unspecified atom stereocenters. The van der Waals surface area contributed by atoms with E-state index in [9.17, 15) is 0 Å². The highest BCUT2D eigenvalue weighted by molar-refractivity contribution is 6.30. The number of aryl methyl sites for hydroxylation is 2. The predicted octanol–water partition coefficient (Wildman–Crippen LogP) is 4.68. The van der Waals surface area contributed by atoms with Gasteiger partial charge in [0.2, 0.25) is 0 Å². The lowest BCUT2D eigenvalue weighted by molar-refractivity contribution is 0.582. The average Bonchev–Trinajstić information content (AvgIpc) is 2.64. The largest absolute Gasteiger partial charge is 0.257 e. The SMILES string of the molecule is Cc1nn(C)c(Cl)c1CC(CCl)Cc1cccc(Cl)c1. The topological polar surface area (TPSA) is 17.8 Å². The molecule has 0 saturated carbocycles. The third kappa shape index (κ3) is 3.69. The minimum atomic E-state index is 0.315. The molecule has 1 atom stereocenters. The van der Waals surface area contributed by atoms with Crippen LogP contribution in [0.15, 0.2) is 24.3 Å². The Labute approximate surface area is 134 Å². The van der Waals surface area contributed by atoms with Crippen molar-refractivity contribution in [1.82, 2.24) is 9.78 Å². The Morgan fingerprint density at radius 2 is 2.00 bits per heavy atom. The first-order chi connectivity index (χ1) is 9.51. The lowest BCUT2D eigenvalue weighted by Crippen LogP contribution is -2.11. The van der Waals surface area contributed by atoms with Crippen LogP contribution in [-0.4, -0.2) is 15.7 Å². The molecule has 0 radical (unpaired) electrons. The standard InChI is InChI=1S/C15H17Cl3N2/c1-10-14(15(18)20(2)19-10)8-12(9-16)6-11-4-3-5-13(17)7-11/h3-5,7,12H,6,8-9H2,1-2H3. The van der Waals surface area contributed by atoms with Gasteiger partial charge in [0.25, 0.3) is 0 Å². The average molecular weight is 332 g/mol. The van der Waals surface area contributed by atoms with Crippen molar-refractivity contribution in [2.24, 2.45) is 13.0 Å². The number of benzene rings is 1. The number of halogens is 3. The molecule has 0 saturated heterocycles. The van der Waals surface area contributed by atoms with E-state index in [1.165, 1.54) is 5.56 Å². The molecular weight excluding hydrogens is 315 g/mol. The van der Waals surface area contributed by atoms with Crippen molar-refractivity contribution in [3.63, 3.8) is 0 Å². The van der Waals surface area contributed by atoms with Gasteiger partial charge in [-0.2, -0.15) is 5.10 Å². The van der Waals surface area contributed by atoms with E-state index in [0.717, 1.165) is 29.1 Å². The second-order valence-corrected chi connectivity index (χ2v) is 6.14. The van der Waals surface area contributed by atoms with Gasteiger partial charge in [-0.3, -0.25) is 4.68 Å². The first kappa shape index (κ1) is 15.7. The van der Waals surface area contributed by atoms with E-state index in [1.54, 1.807) is 4.68 Å². The van der Waals surface area contributed by atoms with Crippen LogP contribution in [0.2, 0.25) is 10.2 Å². The molecule has 0 bridgehead atoms. The second-order valence-electron chi connectivity index (χ2n) is 5.04. The molecular formula is C15H17Cl3N2. The fourth-order valence-electron chi connectivity index (χ4n) is 2.37. The zero-order chi connectivity index (χ0) is 14.7. The minimum absolute atomic E-state index is 0.315. The second kappa shape index (κ2) is 6.84. The van der Waals surface area contributed by atoms with Crippen molar-refractivity contribution in [2.75, 3.05) is 5.88 Å². The molecule has 0 N–H and O–H groups in total.